The van der Waals surface area contributed by atoms with Crippen molar-refractivity contribution in [2.75, 3.05) is 11.9 Å². The maximum Gasteiger partial charge on any atom is 0.319 e. The number of aliphatic hydroxyl groups is 1. The van der Waals surface area contributed by atoms with Crippen molar-refractivity contribution in [1.82, 2.24) is 9.88 Å². The summed E-state index contributed by atoms with van der Waals surface area (Å²) >= 11 is 0. The molecule has 1 atom stereocenters. The summed E-state index contributed by atoms with van der Waals surface area (Å²) in [4.78, 5) is 11.9. The molecule has 0 radical (unpaired) electrons. The molecule has 0 aliphatic heterocycles. The number of aromatic nitrogens is 1. The van der Waals surface area contributed by atoms with Gasteiger partial charge in [-0.05, 0) is 48.2 Å². The second-order valence-corrected chi connectivity index (χ2v) is 5.96. The van der Waals surface area contributed by atoms with Crippen LogP contribution < -0.4 is 10.6 Å². The third kappa shape index (κ3) is 3.58. The number of nitrogens with zero attached hydrogens (tertiary/aromatic N) is 1. The van der Waals surface area contributed by atoms with E-state index in [4.69, 9.17) is 0 Å². The minimum Gasteiger partial charge on any atom is -0.387 e. The molecule has 3 N–H and O–H groups in total. The van der Waals surface area contributed by atoms with E-state index in [9.17, 15) is 9.90 Å². The zero-order valence-corrected chi connectivity index (χ0v) is 13.8. The topological polar surface area (TPSA) is 66.3 Å². The number of anilines is 1. The van der Waals surface area contributed by atoms with Crippen LogP contribution in [-0.4, -0.2) is 22.2 Å². The zero-order chi connectivity index (χ0) is 17.1. The minimum atomic E-state index is -0.752. The van der Waals surface area contributed by atoms with Gasteiger partial charge in [-0.25, -0.2) is 4.79 Å². The van der Waals surface area contributed by atoms with Crippen LogP contribution in [0.4, 0.5) is 10.5 Å². The monoisotopic (exact) mass is 323 g/mol. The fourth-order valence-electron chi connectivity index (χ4n) is 2.63. The van der Waals surface area contributed by atoms with Crippen molar-refractivity contribution >= 4 is 22.6 Å². The normalized spacial score (nSPS) is 12.1. The van der Waals surface area contributed by atoms with Crippen LogP contribution in [0.25, 0.3) is 10.9 Å². The Hall–Kier alpha value is -2.79. The van der Waals surface area contributed by atoms with E-state index in [0.29, 0.717) is 0 Å². The maximum absolute atomic E-state index is 11.9. The quantitative estimate of drug-likeness (QED) is 0.689. The molecule has 5 nitrogen and oxygen atoms in total. The number of rotatable bonds is 4. The van der Waals surface area contributed by atoms with Gasteiger partial charge in [0, 0.05) is 31.0 Å². The molecular weight excluding hydrogens is 302 g/mol. The van der Waals surface area contributed by atoms with Gasteiger partial charge in [-0.1, -0.05) is 23.8 Å². The van der Waals surface area contributed by atoms with Crippen LogP contribution >= 0.6 is 0 Å². The van der Waals surface area contributed by atoms with Crippen molar-refractivity contribution in [3.63, 3.8) is 0 Å². The Morgan fingerprint density at radius 2 is 1.92 bits per heavy atom. The zero-order valence-electron chi connectivity index (χ0n) is 13.8. The Labute approximate surface area is 140 Å². The summed E-state index contributed by atoms with van der Waals surface area (Å²) in [7, 11) is 1.98. The van der Waals surface area contributed by atoms with Crippen molar-refractivity contribution in [3.05, 3.63) is 65.9 Å². The first-order chi connectivity index (χ1) is 11.5. The van der Waals surface area contributed by atoms with Crippen LogP contribution in [0, 0.1) is 6.92 Å². The number of urea groups is 1. The van der Waals surface area contributed by atoms with E-state index in [1.54, 1.807) is 0 Å². The summed E-state index contributed by atoms with van der Waals surface area (Å²) in [6.45, 7) is 2.14. The number of amides is 2. The van der Waals surface area contributed by atoms with Crippen LogP contribution in [0.3, 0.4) is 0 Å². The molecule has 2 aromatic carbocycles. The number of benzene rings is 2. The number of carbonyl (C=O) groups is 1. The minimum absolute atomic E-state index is 0.149. The van der Waals surface area contributed by atoms with Crippen molar-refractivity contribution in [2.24, 2.45) is 7.05 Å². The average molecular weight is 323 g/mol. The molecule has 124 valence electrons. The lowest BCUT2D eigenvalue weighted by atomic mass is 10.1. The molecule has 1 unspecified atom stereocenters. The maximum atomic E-state index is 11.9. The molecule has 0 aliphatic rings. The van der Waals surface area contributed by atoms with E-state index in [1.807, 2.05) is 73.3 Å². The highest BCUT2D eigenvalue weighted by Gasteiger charge is 2.11. The predicted molar refractivity (Wildman–Crippen MR) is 96.1 cm³/mol. The van der Waals surface area contributed by atoms with Crippen LogP contribution in [-0.2, 0) is 7.05 Å². The van der Waals surface area contributed by atoms with Gasteiger partial charge in [-0.2, -0.15) is 0 Å². The van der Waals surface area contributed by atoms with Crippen LogP contribution in [0.15, 0.2) is 54.7 Å². The Morgan fingerprint density at radius 3 is 2.67 bits per heavy atom. The second-order valence-electron chi connectivity index (χ2n) is 5.96. The van der Waals surface area contributed by atoms with Crippen molar-refractivity contribution in [3.8, 4) is 0 Å². The summed E-state index contributed by atoms with van der Waals surface area (Å²) in [5.41, 5.74) is 3.74. The molecule has 0 fully saturated rings. The van der Waals surface area contributed by atoms with Crippen molar-refractivity contribution in [2.45, 2.75) is 13.0 Å². The number of hydrogen-bond donors (Lipinski definition) is 3. The van der Waals surface area contributed by atoms with Gasteiger partial charge in [0.05, 0.1) is 6.10 Å². The molecule has 1 aromatic heterocycles. The van der Waals surface area contributed by atoms with E-state index in [0.717, 1.165) is 27.7 Å². The Balaban J connectivity index is 1.58. The summed E-state index contributed by atoms with van der Waals surface area (Å²) in [6.07, 6.45) is 1.23. The number of hydrogen-bond acceptors (Lipinski definition) is 2. The average Bonchev–Trinajstić information content (AvgIpc) is 2.95. The lowest BCUT2D eigenvalue weighted by Crippen LogP contribution is -2.32. The number of carbonyl (C=O) groups excluding carboxylic acids is 1. The molecule has 0 aliphatic carbocycles. The molecule has 0 saturated carbocycles. The number of nitrogens with one attached hydrogen (secondary N) is 2. The number of aliphatic hydroxyl groups excluding tert-OH is 1. The molecule has 24 heavy (non-hydrogen) atoms. The Kier molecular flexibility index (Phi) is 4.53. The molecule has 3 rings (SSSR count). The molecule has 0 bridgehead atoms. The smallest absolute Gasteiger partial charge is 0.319 e. The van der Waals surface area contributed by atoms with Crippen LogP contribution in [0.2, 0.25) is 0 Å². The highest BCUT2D eigenvalue weighted by Crippen LogP contribution is 2.20. The molecule has 3 aromatic rings. The van der Waals surface area contributed by atoms with Gasteiger partial charge in [0.1, 0.15) is 0 Å². The van der Waals surface area contributed by atoms with Gasteiger partial charge in [0.25, 0.3) is 0 Å². The predicted octanol–water partition coefficient (Wildman–Crippen LogP) is 3.34. The first-order valence-electron chi connectivity index (χ1n) is 7.87. The van der Waals surface area contributed by atoms with Gasteiger partial charge in [-0.3, -0.25) is 0 Å². The first-order valence-corrected chi connectivity index (χ1v) is 7.87. The lowest BCUT2D eigenvalue weighted by molar-refractivity contribution is 0.175. The SMILES string of the molecule is Cc1ccc(NC(=O)NCC(O)c2ccc3c(ccn3C)c2)cc1. The molecular formula is C19H21N3O2. The van der Waals surface area contributed by atoms with E-state index in [1.165, 1.54) is 0 Å². The first kappa shape index (κ1) is 16.1. The number of fused-ring (bicyclic) bond motifs is 1. The summed E-state index contributed by atoms with van der Waals surface area (Å²) in [5, 5.41) is 16.8. The standard InChI is InChI=1S/C19H21N3O2/c1-13-3-6-16(7-4-13)21-19(24)20-12-18(23)15-5-8-17-14(11-15)9-10-22(17)2/h3-11,18,23H,12H2,1-2H3,(H2,20,21,24). The Bertz CT molecular complexity index is 853. The van der Waals surface area contributed by atoms with Crippen molar-refractivity contribution in [1.29, 1.82) is 0 Å². The molecule has 0 saturated heterocycles. The molecule has 1 heterocycles. The third-order valence-electron chi connectivity index (χ3n) is 4.06. The van der Waals surface area contributed by atoms with Gasteiger partial charge >= 0.3 is 6.03 Å². The summed E-state index contributed by atoms with van der Waals surface area (Å²) in [6, 6.07) is 15.0. The molecule has 5 heteroatoms. The van der Waals surface area contributed by atoms with E-state index < -0.39 is 6.10 Å². The largest absolute Gasteiger partial charge is 0.387 e. The fraction of sp³-hybridized carbons (Fsp3) is 0.211. The van der Waals surface area contributed by atoms with E-state index in [2.05, 4.69) is 10.6 Å². The fourth-order valence-corrected chi connectivity index (χ4v) is 2.63. The molecule has 0 spiro atoms. The lowest BCUT2D eigenvalue weighted by Gasteiger charge is -2.13. The number of aryl methyl sites for hydroxylation is 2. The highest BCUT2D eigenvalue weighted by molar-refractivity contribution is 5.89. The van der Waals surface area contributed by atoms with Gasteiger partial charge < -0.3 is 20.3 Å². The van der Waals surface area contributed by atoms with Crippen LogP contribution in [0.5, 0.6) is 0 Å². The van der Waals surface area contributed by atoms with Gasteiger partial charge in [-0.15, -0.1) is 0 Å². The summed E-state index contributed by atoms with van der Waals surface area (Å²) in [5.74, 6) is 0. The van der Waals surface area contributed by atoms with Gasteiger partial charge in [0.2, 0.25) is 0 Å². The van der Waals surface area contributed by atoms with Crippen molar-refractivity contribution < 1.29 is 9.90 Å². The van der Waals surface area contributed by atoms with Crippen LogP contribution in [0.1, 0.15) is 17.2 Å². The molecule has 2 amide bonds. The van der Waals surface area contributed by atoms with Gasteiger partial charge in [0.15, 0.2) is 0 Å². The highest BCUT2D eigenvalue weighted by atomic mass is 16.3. The van der Waals surface area contributed by atoms with E-state index >= 15 is 0 Å². The second kappa shape index (κ2) is 6.76. The Morgan fingerprint density at radius 1 is 1.17 bits per heavy atom. The third-order valence-corrected chi connectivity index (χ3v) is 4.06. The van der Waals surface area contributed by atoms with E-state index in [-0.39, 0.29) is 12.6 Å². The summed E-state index contributed by atoms with van der Waals surface area (Å²) < 4.78 is 2.03.